The number of aromatic amines is 1. The summed E-state index contributed by atoms with van der Waals surface area (Å²) in [6.45, 7) is 0. The van der Waals surface area contributed by atoms with Crippen LogP contribution in [0.15, 0.2) is 36.4 Å². The molecule has 3 rings (SSSR count). The second-order valence-corrected chi connectivity index (χ2v) is 4.72. The van der Waals surface area contributed by atoms with E-state index in [1.54, 1.807) is 0 Å². The fourth-order valence-corrected chi connectivity index (χ4v) is 2.57. The normalized spacial score (nSPS) is 11.3. The van der Waals surface area contributed by atoms with Crippen LogP contribution in [0.25, 0.3) is 21.8 Å². The molecule has 0 bridgehead atoms. The lowest BCUT2D eigenvalue weighted by molar-refractivity contribution is 1.53. The summed E-state index contributed by atoms with van der Waals surface area (Å²) in [5.41, 5.74) is 8.95. The molecule has 0 saturated carbocycles. The maximum Gasteiger partial charge on any atom is 0.0698 e. The average molecular weight is 308 g/mol. The van der Waals surface area contributed by atoms with Crippen molar-refractivity contribution in [1.82, 2.24) is 4.98 Å². The molecule has 74 valence electrons. The third kappa shape index (κ3) is 1.23. The zero-order chi connectivity index (χ0) is 10.4. The Bertz CT molecular complexity index is 599. The second-order valence-electron chi connectivity index (χ2n) is 3.56. The van der Waals surface area contributed by atoms with E-state index < -0.39 is 0 Å². The number of hydrogen-bond acceptors (Lipinski definition) is 1. The van der Waals surface area contributed by atoms with Crippen LogP contribution in [0.5, 0.6) is 0 Å². The van der Waals surface area contributed by atoms with E-state index in [1.807, 2.05) is 12.1 Å². The van der Waals surface area contributed by atoms with Gasteiger partial charge in [-0.1, -0.05) is 24.3 Å². The van der Waals surface area contributed by atoms with Gasteiger partial charge in [0.15, 0.2) is 0 Å². The minimum Gasteiger partial charge on any atom is -0.397 e. The Morgan fingerprint density at radius 2 is 1.60 bits per heavy atom. The van der Waals surface area contributed by atoms with Gasteiger partial charge in [-0.2, -0.15) is 0 Å². The van der Waals surface area contributed by atoms with E-state index in [1.165, 1.54) is 19.9 Å². The third-order valence-corrected chi connectivity index (χ3v) is 3.55. The summed E-state index contributed by atoms with van der Waals surface area (Å²) < 4.78 is 1.22. The van der Waals surface area contributed by atoms with Crippen molar-refractivity contribution in [3.05, 3.63) is 40.0 Å². The smallest absolute Gasteiger partial charge is 0.0698 e. The van der Waals surface area contributed by atoms with Crippen LogP contribution in [0.4, 0.5) is 5.69 Å². The number of nitrogen functional groups attached to an aromatic ring is 1. The van der Waals surface area contributed by atoms with E-state index in [2.05, 4.69) is 51.8 Å². The predicted molar refractivity (Wildman–Crippen MR) is 72.9 cm³/mol. The van der Waals surface area contributed by atoms with Gasteiger partial charge in [0.2, 0.25) is 0 Å². The first-order valence-corrected chi connectivity index (χ1v) is 5.79. The van der Waals surface area contributed by atoms with E-state index >= 15 is 0 Å². The highest BCUT2D eigenvalue weighted by Crippen LogP contribution is 2.30. The summed E-state index contributed by atoms with van der Waals surface area (Å²) in [6, 6.07) is 12.3. The number of hydrogen-bond donors (Lipinski definition) is 2. The average Bonchev–Trinajstić information content (AvgIpc) is 2.60. The third-order valence-electron chi connectivity index (χ3n) is 2.65. The van der Waals surface area contributed by atoms with Crippen molar-refractivity contribution in [3.63, 3.8) is 0 Å². The number of rotatable bonds is 0. The van der Waals surface area contributed by atoms with Crippen molar-refractivity contribution >= 4 is 50.1 Å². The molecule has 0 aliphatic rings. The van der Waals surface area contributed by atoms with Crippen LogP contribution in [-0.4, -0.2) is 4.98 Å². The van der Waals surface area contributed by atoms with Crippen LogP contribution in [-0.2, 0) is 0 Å². The van der Waals surface area contributed by atoms with Gasteiger partial charge in [0, 0.05) is 14.3 Å². The first-order valence-electron chi connectivity index (χ1n) is 4.72. The number of halogens is 1. The summed E-state index contributed by atoms with van der Waals surface area (Å²) >= 11 is 2.33. The lowest BCUT2D eigenvalue weighted by Crippen LogP contribution is -1.84. The molecule has 0 amide bonds. The first kappa shape index (κ1) is 9.03. The molecule has 1 aromatic heterocycles. The summed E-state index contributed by atoms with van der Waals surface area (Å²) in [7, 11) is 0. The fraction of sp³-hybridized carbons (Fsp3) is 0. The first-order chi connectivity index (χ1) is 7.27. The molecule has 0 aliphatic carbocycles. The standard InChI is InChI=1S/C12H9IN2/c13-9-5-1-3-7-8-4-2-6-10(14)12(8)15-11(7)9/h1-6,15H,14H2. The number of anilines is 1. The molecule has 1 heterocycles. The fourth-order valence-electron chi connectivity index (χ4n) is 1.93. The molecule has 3 N–H and O–H groups in total. The van der Waals surface area contributed by atoms with Crippen LogP contribution in [0, 0.1) is 3.57 Å². The monoisotopic (exact) mass is 308 g/mol. The molecule has 0 radical (unpaired) electrons. The number of H-pyrrole nitrogens is 1. The summed E-state index contributed by atoms with van der Waals surface area (Å²) in [5.74, 6) is 0. The molecule has 15 heavy (non-hydrogen) atoms. The molecule has 0 unspecified atom stereocenters. The molecule has 0 spiro atoms. The van der Waals surface area contributed by atoms with E-state index in [4.69, 9.17) is 5.73 Å². The largest absolute Gasteiger partial charge is 0.397 e. The van der Waals surface area contributed by atoms with E-state index in [0.717, 1.165) is 11.2 Å². The van der Waals surface area contributed by atoms with Crippen LogP contribution in [0.3, 0.4) is 0 Å². The van der Waals surface area contributed by atoms with Gasteiger partial charge >= 0.3 is 0 Å². The van der Waals surface area contributed by atoms with Crippen molar-refractivity contribution in [1.29, 1.82) is 0 Å². The summed E-state index contributed by atoms with van der Waals surface area (Å²) in [5, 5.41) is 2.44. The highest BCUT2D eigenvalue weighted by molar-refractivity contribution is 14.1. The lowest BCUT2D eigenvalue weighted by atomic mass is 10.1. The Hall–Kier alpha value is -1.23. The molecule has 3 aromatic rings. The van der Waals surface area contributed by atoms with Crippen molar-refractivity contribution < 1.29 is 0 Å². The zero-order valence-electron chi connectivity index (χ0n) is 7.92. The van der Waals surface area contributed by atoms with Crippen molar-refractivity contribution in [2.45, 2.75) is 0 Å². The number of para-hydroxylation sites is 2. The highest BCUT2D eigenvalue weighted by Gasteiger charge is 2.07. The number of fused-ring (bicyclic) bond motifs is 3. The van der Waals surface area contributed by atoms with E-state index in [0.29, 0.717) is 0 Å². The van der Waals surface area contributed by atoms with Crippen LogP contribution in [0.1, 0.15) is 0 Å². The maximum absolute atomic E-state index is 5.94. The Kier molecular flexibility index (Phi) is 1.88. The summed E-state index contributed by atoms with van der Waals surface area (Å²) in [6.07, 6.45) is 0. The van der Waals surface area contributed by atoms with Crippen LogP contribution < -0.4 is 5.73 Å². The number of nitrogens with two attached hydrogens (primary N) is 1. The van der Waals surface area contributed by atoms with Gasteiger partial charge in [0.25, 0.3) is 0 Å². The van der Waals surface area contributed by atoms with Gasteiger partial charge in [0.05, 0.1) is 16.7 Å². The minimum atomic E-state index is 0.805. The highest BCUT2D eigenvalue weighted by atomic mass is 127. The second kappa shape index (κ2) is 3.13. The molecule has 0 saturated heterocycles. The molecule has 0 atom stereocenters. The Morgan fingerprint density at radius 1 is 0.933 bits per heavy atom. The molecule has 2 aromatic carbocycles. The molecular formula is C12H9IN2. The number of aromatic nitrogens is 1. The van der Waals surface area contributed by atoms with Crippen molar-refractivity contribution in [2.24, 2.45) is 0 Å². The van der Waals surface area contributed by atoms with Crippen LogP contribution in [0.2, 0.25) is 0 Å². The van der Waals surface area contributed by atoms with E-state index in [9.17, 15) is 0 Å². The molecule has 3 heteroatoms. The molecule has 0 fully saturated rings. The number of nitrogens with one attached hydrogen (secondary N) is 1. The van der Waals surface area contributed by atoms with Crippen molar-refractivity contribution in [2.75, 3.05) is 5.73 Å². The number of benzene rings is 2. The van der Waals surface area contributed by atoms with Gasteiger partial charge in [-0.15, -0.1) is 0 Å². The van der Waals surface area contributed by atoms with Crippen molar-refractivity contribution in [3.8, 4) is 0 Å². The molecular weight excluding hydrogens is 299 g/mol. The van der Waals surface area contributed by atoms with Gasteiger partial charge in [0.1, 0.15) is 0 Å². The Labute approximate surface area is 101 Å². The summed E-state index contributed by atoms with van der Waals surface area (Å²) in [4.78, 5) is 3.38. The quantitative estimate of drug-likeness (QED) is 0.484. The SMILES string of the molecule is Nc1cccc2c1[nH]c1c(I)cccc12. The minimum absolute atomic E-state index is 0.805. The lowest BCUT2D eigenvalue weighted by Gasteiger charge is -1.93. The molecule has 0 aliphatic heterocycles. The molecule has 2 nitrogen and oxygen atoms in total. The van der Waals surface area contributed by atoms with Crippen LogP contribution >= 0.6 is 22.6 Å². The van der Waals surface area contributed by atoms with Gasteiger partial charge in [-0.05, 0) is 34.7 Å². The van der Waals surface area contributed by atoms with Gasteiger partial charge in [-0.25, -0.2) is 0 Å². The van der Waals surface area contributed by atoms with Gasteiger partial charge in [-0.3, -0.25) is 0 Å². The predicted octanol–water partition coefficient (Wildman–Crippen LogP) is 3.51. The Morgan fingerprint density at radius 3 is 2.40 bits per heavy atom. The maximum atomic E-state index is 5.94. The Balaban J connectivity index is 2.63. The zero-order valence-corrected chi connectivity index (χ0v) is 10.1. The van der Waals surface area contributed by atoms with E-state index in [-0.39, 0.29) is 0 Å². The van der Waals surface area contributed by atoms with Gasteiger partial charge < -0.3 is 10.7 Å². The topological polar surface area (TPSA) is 41.8 Å².